The third-order valence-corrected chi connectivity index (χ3v) is 7.34. The van der Waals surface area contributed by atoms with Crippen molar-refractivity contribution in [1.82, 2.24) is 0 Å². The Balaban J connectivity index is 0.000000149. The number of benzene rings is 2. The first-order valence-corrected chi connectivity index (χ1v) is 14.0. The van der Waals surface area contributed by atoms with Crippen LogP contribution in [0.1, 0.15) is 59.2 Å². The third kappa shape index (κ3) is 5.05. The molecule has 1 N–H and O–H groups in total. The molecule has 35 heavy (non-hydrogen) atoms. The zero-order valence-electron chi connectivity index (χ0n) is 20.3. The SMILES string of the molecule is CPC.O=C(OC12CC(CO)(C1)C2)c1ccccc1.O=CC12CC(OC(=O)c3ccccc3)(C1)C2. The summed E-state index contributed by atoms with van der Waals surface area (Å²) in [6.45, 7) is 4.53. The van der Waals surface area contributed by atoms with Gasteiger partial charge in [0.25, 0.3) is 0 Å². The quantitative estimate of drug-likeness (QED) is 0.356. The predicted molar refractivity (Wildman–Crippen MR) is 135 cm³/mol. The van der Waals surface area contributed by atoms with Gasteiger partial charge in [-0.15, -0.1) is 8.58 Å². The summed E-state index contributed by atoms with van der Waals surface area (Å²) in [7, 11) is 1.08. The molecule has 6 fully saturated rings. The Hall–Kier alpha value is -2.56. The lowest BCUT2D eigenvalue weighted by molar-refractivity contribution is -0.270. The maximum atomic E-state index is 11.8. The van der Waals surface area contributed by atoms with Crippen LogP contribution in [0.15, 0.2) is 60.7 Å². The van der Waals surface area contributed by atoms with Gasteiger partial charge in [-0.3, -0.25) is 0 Å². The fourth-order valence-corrected chi connectivity index (χ4v) is 5.83. The van der Waals surface area contributed by atoms with E-state index in [1.165, 1.54) is 0 Å². The number of ether oxygens (including phenoxy) is 2. The summed E-state index contributed by atoms with van der Waals surface area (Å²) >= 11 is 0. The summed E-state index contributed by atoms with van der Waals surface area (Å²) in [5, 5.41) is 9.11. The van der Waals surface area contributed by atoms with Crippen molar-refractivity contribution >= 4 is 26.8 Å². The fraction of sp³-hybridized carbons (Fsp3) is 0.464. The number of hydrogen-bond acceptors (Lipinski definition) is 6. The van der Waals surface area contributed by atoms with Crippen molar-refractivity contribution in [2.75, 3.05) is 19.9 Å². The molecule has 0 unspecified atom stereocenters. The Morgan fingerprint density at radius 3 is 1.51 bits per heavy atom. The summed E-state index contributed by atoms with van der Waals surface area (Å²) in [5.74, 6) is -0.522. The highest BCUT2D eigenvalue weighted by Crippen LogP contribution is 2.69. The number of esters is 2. The minimum atomic E-state index is -0.326. The van der Waals surface area contributed by atoms with Crippen molar-refractivity contribution in [3.63, 3.8) is 0 Å². The van der Waals surface area contributed by atoms with E-state index in [1.54, 1.807) is 24.3 Å². The molecule has 0 heterocycles. The molecule has 6 aliphatic rings. The van der Waals surface area contributed by atoms with E-state index in [2.05, 4.69) is 13.3 Å². The molecule has 0 saturated heterocycles. The van der Waals surface area contributed by atoms with E-state index in [0.29, 0.717) is 30.4 Å². The number of carbonyl (C=O) groups excluding carboxylic acids is 3. The van der Waals surface area contributed by atoms with Gasteiger partial charge >= 0.3 is 11.9 Å². The van der Waals surface area contributed by atoms with E-state index in [1.807, 2.05) is 36.4 Å². The predicted octanol–water partition coefficient (Wildman–Crippen LogP) is 4.65. The van der Waals surface area contributed by atoms with Gasteiger partial charge in [0.2, 0.25) is 0 Å². The van der Waals surface area contributed by atoms with Crippen LogP contribution in [0.4, 0.5) is 0 Å². The number of hydrogen-bond donors (Lipinski definition) is 1. The van der Waals surface area contributed by atoms with E-state index < -0.39 is 0 Å². The Kier molecular flexibility index (Phi) is 7.17. The lowest BCUT2D eigenvalue weighted by Crippen LogP contribution is -2.70. The first kappa shape index (κ1) is 25.5. The first-order chi connectivity index (χ1) is 16.8. The lowest BCUT2D eigenvalue weighted by atomic mass is 9.41. The highest BCUT2D eigenvalue weighted by molar-refractivity contribution is 7.35. The molecule has 0 radical (unpaired) electrons. The molecule has 0 aliphatic heterocycles. The molecule has 2 aromatic carbocycles. The average Bonchev–Trinajstić information content (AvgIpc) is 2.78. The monoisotopic (exact) mass is 496 g/mol. The van der Waals surface area contributed by atoms with Crippen LogP contribution in [-0.2, 0) is 14.3 Å². The second kappa shape index (κ2) is 9.83. The number of aliphatic hydroxyl groups excluding tert-OH is 1. The van der Waals surface area contributed by atoms with Crippen LogP contribution in [0.25, 0.3) is 0 Å². The molecule has 2 aromatic rings. The second-order valence-electron chi connectivity index (χ2n) is 10.6. The number of rotatable bonds is 6. The van der Waals surface area contributed by atoms with Crippen LogP contribution in [-0.4, -0.2) is 54.5 Å². The molecule has 7 heteroatoms. The molecule has 6 saturated carbocycles. The van der Waals surface area contributed by atoms with Crippen LogP contribution in [0.5, 0.6) is 0 Å². The van der Waals surface area contributed by atoms with E-state index in [4.69, 9.17) is 14.6 Å². The summed E-state index contributed by atoms with van der Waals surface area (Å²) in [6, 6.07) is 18.0. The van der Waals surface area contributed by atoms with Gasteiger partial charge in [0.15, 0.2) is 0 Å². The Morgan fingerprint density at radius 2 is 1.17 bits per heavy atom. The van der Waals surface area contributed by atoms with Crippen LogP contribution in [0.2, 0.25) is 0 Å². The van der Waals surface area contributed by atoms with Gasteiger partial charge in [0.05, 0.1) is 11.1 Å². The third-order valence-electron chi connectivity index (χ3n) is 7.34. The molecule has 0 amide bonds. The Bertz CT molecular complexity index is 1030. The van der Waals surface area contributed by atoms with Crippen molar-refractivity contribution in [1.29, 1.82) is 0 Å². The summed E-state index contributed by atoms with van der Waals surface area (Å²) in [6.07, 6.45) is 5.62. The highest BCUT2D eigenvalue weighted by Gasteiger charge is 2.71. The van der Waals surface area contributed by atoms with E-state index in [9.17, 15) is 14.4 Å². The van der Waals surface area contributed by atoms with Gasteiger partial charge in [-0.1, -0.05) is 36.4 Å². The first-order valence-electron chi connectivity index (χ1n) is 12.0. The molecule has 0 atom stereocenters. The van der Waals surface area contributed by atoms with Gasteiger partial charge in [0, 0.05) is 17.4 Å². The largest absolute Gasteiger partial charge is 0.455 e. The normalized spacial score (nSPS) is 32.2. The zero-order chi connectivity index (χ0) is 25.2. The molecule has 6 nitrogen and oxygen atoms in total. The van der Waals surface area contributed by atoms with Crippen LogP contribution >= 0.6 is 8.58 Å². The molecule has 186 valence electrons. The van der Waals surface area contributed by atoms with Crippen molar-refractivity contribution in [2.24, 2.45) is 10.8 Å². The minimum absolute atomic E-state index is 0.0803. The lowest BCUT2D eigenvalue weighted by Gasteiger charge is -2.68. The molecule has 8 rings (SSSR count). The molecular weight excluding hydrogens is 463 g/mol. The van der Waals surface area contributed by atoms with Crippen molar-refractivity contribution in [3.05, 3.63) is 71.8 Å². The van der Waals surface area contributed by atoms with E-state index in [-0.39, 0.29) is 40.6 Å². The Labute approximate surface area is 208 Å². The molecule has 0 aromatic heterocycles. The second-order valence-corrected chi connectivity index (χ2v) is 11.6. The molecule has 6 aliphatic carbocycles. The van der Waals surface area contributed by atoms with Crippen molar-refractivity contribution in [2.45, 2.75) is 49.7 Å². The van der Waals surface area contributed by atoms with Crippen molar-refractivity contribution in [3.8, 4) is 0 Å². The molecule has 4 bridgehead atoms. The fourth-order valence-electron chi connectivity index (χ4n) is 5.83. The topological polar surface area (TPSA) is 89.9 Å². The van der Waals surface area contributed by atoms with Crippen LogP contribution < -0.4 is 0 Å². The summed E-state index contributed by atoms with van der Waals surface area (Å²) in [5.41, 5.74) is 0.523. The number of carbonyl (C=O) groups is 3. The zero-order valence-corrected chi connectivity index (χ0v) is 21.3. The maximum Gasteiger partial charge on any atom is 0.338 e. The molecule has 0 spiro atoms. The van der Waals surface area contributed by atoms with Gasteiger partial charge in [-0.05, 0) is 76.1 Å². The van der Waals surface area contributed by atoms with Crippen molar-refractivity contribution < 1.29 is 29.0 Å². The standard InChI is InChI=1S/C13H14O3.C13H12O3.C2H7P/c2*14-9-12-6-13(7-12,8-12)16-11(15)10-4-2-1-3-5-10;1-3-2/h1-5,14H,6-9H2;1-5,9H,6-8H2;3H,1-2H3. The van der Waals surface area contributed by atoms with Crippen LogP contribution in [0.3, 0.4) is 0 Å². The van der Waals surface area contributed by atoms with Gasteiger partial charge < -0.3 is 19.4 Å². The smallest absolute Gasteiger partial charge is 0.338 e. The summed E-state index contributed by atoms with van der Waals surface area (Å²) < 4.78 is 11.0. The van der Waals surface area contributed by atoms with E-state index in [0.717, 1.165) is 34.1 Å². The average molecular weight is 497 g/mol. The van der Waals surface area contributed by atoms with Gasteiger partial charge in [-0.25, -0.2) is 9.59 Å². The Morgan fingerprint density at radius 1 is 0.800 bits per heavy atom. The number of aliphatic hydroxyl groups is 1. The number of aldehydes is 1. The van der Waals surface area contributed by atoms with E-state index >= 15 is 0 Å². The van der Waals surface area contributed by atoms with Gasteiger partial charge in [-0.2, -0.15) is 0 Å². The van der Waals surface area contributed by atoms with Crippen LogP contribution in [0, 0.1) is 10.8 Å². The maximum absolute atomic E-state index is 11.8. The summed E-state index contributed by atoms with van der Waals surface area (Å²) in [4.78, 5) is 34.2. The molecular formula is C28H33O6P. The minimum Gasteiger partial charge on any atom is -0.455 e. The highest BCUT2D eigenvalue weighted by atomic mass is 31.1. The van der Waals surface area contributed by atoms with Gasteiger partial charge in [0.1, 0.15) is 17.5 Å².